The maximum Gasteiger partial charge on any atom is 0.281 e. The van der Waals surface area contributed by atoms with E-state index in [9.17, 15) is 14.4 Å². The van der Waals surface area contributed by atoms with Crippen molar-refractivity contribution in [2.45, 2.75) is 20.1 Å². The Hall–Kier alpha value is -2.64. The number of anilines is 1. The highest BCUT2D eigenvalue weighted by molar-refractivity contribution is 6.54. The minimum atomic E-state index is -0.488. The Morgan fingerprint density at radius 3 is 2.92 bits per heavy atom. The Morgan fingerprint density at radius 1 is 1.35 bits per heavy atom. The quantitative estimate of drug-likeness (QED) is 0.644. The van der Waals surface area contributed by atoms with Crippen LogP contribution in [0.15, 0.2) is 29.4 Å². The maximum absolute atomic E-state index is 14.0. The first-order valence-electron chi connectivity index (χ1n) is 7.86. The van der Waals surface area contributed by atoms with Crippen molar-refractivity contribution in [3.63, 3.8) is 0 Å². The summed E-state index contributed by atoms with van der Waals surface area (Å²) in [7, 11) is 0. The average molecular weight is 377 g/mol. The molecular weight excluding hydrogens is 363 g/mol. The van der Waals surface area contributed by atoms with E-state index in [0.29, 0.717) is 33.1 Å². The van der Waals surface area contributed by atoms with Crippen LogP contribution in [0.2, 0.25) is 5.02 Å². The number of fused-ring (bicyclic) bond motifs is 2. The van der Waals surface area contributed by atoms with Crippen LogP contribution >= 0.6 is 11.6 Å². The molecule has 1 N–H and O–H groups in total. The van der Waals surface area contributed by atoms with Crippen molar-refractivity contribution in [3.8, 4) is 5.75 Å². The van der Waals surface area contributed by atoms with Gasteiger partial charge in [0.15, 0.2) is 12.5 Å². The third kappa shape index (κ3) is 2.60. The fraction of sp³-hybridized carbons (Fsp3) is 0.222. The van der Waals surface area contributed by atoms with Gasteiger partial charge in [0.2, 0.25) is 0 Å². The third-order valence-electron chi connectivity index (χ3n) is 4.42. The van der Waals surface area contributed by atoms with Crippen LogP contribution in [0.4, 0.5) is 10.1 Å². The van der Waals surface area contributed by atoms with Crippen LogP contribution in [-0.2, 0) is 22.7 Å². The van der Waals surface area contributed by atoms with E-state index in [2.05, 4.69) is 5.16 Å². The second kappa shape index (κ2) is 6.26. The number of benzene rings is 2. The molecular formula is C18H14ClFN2O4. The molecule has 2 aromatic rings. The van der Waals surface area contributed by atoms with Crippen molar-refractivity contribution >= 4 is 28.9 Å². The first-order valence-corrected chi connectivity index (χ1v) is 8.23. The van der Waals surface area contributed by atoms with E-state index in [1.165, 1.54) is 17.0 Å². The molecule has 26 heavy (non-hydrogen) atoms. The van der Waals surface area contributed by atoms with Crippen molar-refractivity contribution < 1.29 is 23.9 Å². The summed E-state index contributed by atoms with van der Waals surface area (Å²) < 4.78 is 24.7. The maximum atomic E-state index is 14.0. The van der Waals surface area contributed by atoms with E-state index in [-0.39, 0.29) is 25.7 Å². The highest BCUT2D eigenvalue weighted by atomic mass is 35.5. The number of carbonyl (C=O) groups excluding carboxylic acids is 1. The largest absolute Gasteiger partial charge is 0.467 e. The predicted octanol–water partition coefficient (Wildman–Crippen LogP) is 3.38. The van der Waals surface area contributed by atoms with Crippen LogP contribution in [0.25, 0.3) is 0 Å². The highest BCUT2D eigenvalue weighted by Gasteiger charge is 2.37. The molecule has 0 unspecified atom stereocenters. The van der Waals surface area contributed by atoms with E-state index < -0.39 is 11.7 Å². The number of carbonyl (C=O) groups is 1. The minimum absolute atomic E-state index is 0.0629. The van der Waals surface area contributed by atoms with Crippen LogP contribution in [0, 0.1) is 12.7 Å². The summed E-state index contributed by atoms with van der Waals surface area (Å²) in [5.41, 5.74) is 2.77. The molecule has 0 saturated carbocycles. The number of hydrogen-bond acceptors (Lipinski definition) is 5. The smallest absolute Gasteiger partial charge is 0.281 e. The number of nitrogens with zero attached hydrogens (tertiary/aromatic N) is 2. The van der Waals surface area contributed by atoms with E-state index >= 15 is 0 Å². The molecule has 0 atom stereocenters. The molecule has 0 radical (unpaired) electrons. The minimum Gasteiger partial charge on any atom is -0.467 e. The Labute approximate surface area is 153 Å². The number of oxime groups is 1. The molecule has 134 valence electrons. The van der Waals surface area contributed by atoms with Gasteiger partial charge in [0, 0.05) is 21.7 Å². The van der Waals surface area contributed by atoms with Gasteiger partial charge < -0.3 is 19.6 Å². The van der Waals surface area contributed by atoms with E-state index in [1.807, 2.05) is 0 Å². The van der Waals surface area contributed by atoms with E-state index in [4.69, 9.17) is 21.1 Å². The summed E-state index contributed by atoms with van der Waals surface area (Å²) in [6.45, 7) is 2.17. The molecule has 0 bridgehead atoms. The molecule has 4 rings (SSSR count). The average Bonchev–Trinajstić information content (AvgIpc) is 2.86. The summed E-state index contributed by atoms with van der Waals surface area (Å²) >= 11 is 6.07. The molecule has 6 nitrogen and oxygen atoms in total. The summed E-state index contributed by atoms with van der Waals surface area (Å²) in [5, 5.41) is 12.8. The molecule has 1 amide bonds. The van der Waals surface area contributed by atoms with Gasteiger partial charge in [-0.2, -0.15) is 0 Å². The predicted molar refractivity (Wildman–Crippen MR) is 92.4 cm³/mol. The zero-order valence-electron chi connectivity index (χ0n) is 13.8. The fourth-order valence-electron chi connectivity index (χ4n) is 3.41. The summed E-state index contributed by atoms with van der Waals surface area (Å²) in [5.74, 6) is -0.422. The number of halogens is 2. The second-order valence-electron chi connectivity index (χ2n) is 6.12. The standard InChI is InChI=1S/C18H14ClFN2O4/c1-9-2-12(19)5-14-15(21-24)18(23)22(16(9)14)6-10-3-13(20)4-11-7-25-8-26-17(10)11/h2-5,24H,6-8H2,1H3/b21-15-. The van der Waals surface area contributed by atoms with Gasteiger partial charge in [0.25, 0.3) is 5.91 Å². The molecule has 2 aliphatic heterocycles. The van der Waals surface area contributed by atoms with Crippen molar-refractivity contribution in [2.75, 3.05) is 11.7 Å². The van der Waals surface area contributed by atoms with Gasteiger partial charge in [0.05, 0.1) is 18.8 Å². The lowest BCUT2D eigenvalue weighted by molar-refractivity contribution is -0.112. The topological polar surface area (TPSA) is 71.4 Å². The van der Waals surface area contributed by atoms with Crippen molar-refractivity contribution in [1.29, 1.82) is 0 Å². The van der Waals surface area contributed by atoms with Gasteiger partial charge in [-0.3, -0.25) is 4.79 Å². The summed E-state index contributed by atoms with van der Waals surface area (Å²) in [4.78, 5) is 14.2. The van der Waals surface area contributed by atoms with Gasteiger partial charge in [0.1, 0.15) is 11.6 Å². The molecule has 2 aromatic carbocycles. The number of hydrogen-bond donors (Lipinski definition) is 1. The molecule has 0 fully saturated rings. The van der Waals surface area contributed by atoms with Crippen LogP contribution in [0.5, 0.6) is 5.75 Å². The Balaban J connectivity index is 1.82. The summed E-state index contributed by atoms with van der Waals surface area (Å²) in [6.07, 6.45) is 0. The zero-order valence-corrected chi connectivity index (χ0v) is 14.5. The molecule has 8 heteroatoms. The zero-order chi connectivity index (χ0) is 18.4. The molecule has 0 aliphatic carbocycles. The first-order chi connectivity index (χ1) is 12.5. The fourth-order valence-corrected chi connectivity index (χ4v) is 3.68. The Morgan fingerprint density at radius 2 is 2.15 bits per heavy atom. The van der Waals surface area contributed by atoms with Gasteiger partial charge in [-0.15, -0.1) is 0 Å². The van der Waals surface area contributed by atoms with E-state index in [0.717, 1.165) is 5.56 Å². The summed E-state index contributed by atoms with van der Waals surface area (Å²) in [6, 6.07) is 5.97. The van der Waals surface area contributed by atoms with Crippen molar-refractivity contribution in [1.82, 2.24) is 0 Å². The Bertz CT molecular complexity index is 961. The highest BCUT2D eigenvalue weighted by Crippen LogP contribution is 2.38. The second-order valence-corrected chi connectivity index (χ2v) is 6.56. The Kier molecular flexibility index (Phi) is 4.05. The third-order valence-corrected chi connectivity index (χ3v) is 4.64. The number of ether oxygens (including phenoxy) is 2. The SMILES string of the molecule is Cc1cc(Cl)cc2c1N(Cc1cc(F)cc3c1OCOC3)C(=O)/C2=N\O. The van der Waals surface area contributed by atoms with Gasteiger partial charge in [-0.1, -0.05) is 16.8 Å². The van der Waals surface area contributed by atoms with Gasteiger partial charge in [-0.25, -0.2) is 4.39 Å². The normalized spacial score (nSPS) is 17.3. The molecule has 0 aromatic heterocycles. The first kappa shape index (κ1) is 16.8. The monoisotopic (exact) mass is 376 g/mol. The lowest BCUT2D eigenvalue weighted by Gasteiger charge is -2.24. The van der Waals surface area contributed by atoms with Gasteiger partial charge in [-0.05, 0) is 36.8 Å². The number of aryl methyl sites for hydroxylation is 1. The number of amides is 1. The van der Waals surface area contributed by atoms with Crippen molar-refractivity contribution in [3.05, 3.63) is 57.4 Å². The lowest BCUT2D eigenvalue weighted by Crippen LogP contribution is -2.30. The number of rotatable bonds is 2. The van der Waals surface area contributed by atoms with Crippen molar-refractivity contribution in [2.24, 2.45) is 5.16 Å². The lowest BCUT2D eigenvalue weighted by atomic mass is 10.1. The molecule has 0 spiro atoms. The van der Waals surface area contributed by atoms with Crippen LogP contribution in [-0.4, -0.2) is 23.6 Å². The van der Waals surface area contributed by atoms with Crippen LogP contribution < -0.4 is 9.64 Å². The molecule has 2 aliphatic rings. The molecule has 0 saturated heterocycles. The van der Waals surface area contributed by atoms with Gasteiger partial charge >= 0.3 is 0 Å². The molecule has 2 heterocycles. The van der Waals surface area contributed by atoms with E-state index in [1.54, 1.807) is 19.1 Å². The van der Waals surface area contributed by atoms with Crippen LogP contribution in [0.1, 0.15) is 22.3 Å². The van der Waals surface area contributed by atoms with Crippen LogP contribution in [0.3, 0.4) is 0 Å².